The van der Waals surface area contributed by atoms with Crippen molar-refractivity contribution in [3.8, 4) is 0 Å². The van der Waals surface area contributed by atoms with Gasteiger partial charge in [0.25, 0.3) is 0 Å². The van der Waals surface area contributed by atoms with Crippen LogP contribution in [0.2, 0.25) is 0 Å². The molecule has 0 aliphatic heterocycles. The molecule has 0 bridgehead atoms. The van der Waals surface area contributed by atoms with Gasteiger partial charge in [0.1, 0.15) is 0 Å². The minimum Gasteiger partial charge on any atom is -0.397 e. The smallest absolute Gasteiger partial charge is 0.0866 e. The molecule has 2 nitrogen and oxygen atoms in total. The first-order chi connectivity index (χ1) is 6.86. The molecule has 0 aliphatic carbocycles. The Morgan fingerprint density at radius 3 is 2.14 bits per heavy atom. The molecule has 1 radical (unpaired) electrons. The lowest BCUT2D eigenvalue weighted by Crippen LogP contribution is -1.94. The van der Waals surface area contributed by atoms with Crippen LogP contribution in [0.5, 0.6) is 0 Å². The van der Waals surface area contributed by atoms with E-state index in [0.29, 0.717) is 5.69 Å². The van der Waals surface area contributed by atoms with E-state index in [1.165, 1.54) is 0 Å². The van der Waals surface area contributed by atoms with E-state index in [-0.39, 0.29) is 0 Å². The van der Waals surface area contributed by atoms with Gasteiger partial charge in [-0.15, -0.1) is 0 Å². The molecule has 2 rings (SSSR count). The van der Waals surface area contributed by atoms with Gasteiger partial charge in [-0.1, -0.05) is 30.3 Å². The lowest BCUT2D eigenvalue weighted by molar-refractivity contribution is 1.19. The summed E-state index contributed by atoms with van der Waals surface area (Å²) in [6, 6.07) is 17.4. The lowest BCUT2D eigenvalue weighted by Gasteiger charge is -2.04. The minimum absolute atomic E-state index is 0.705. The van der Waals surface area contributed by atoms with Gasteiger partial charge in [0.15, 0.2) is 0 Å². The molecule has 0 fully saturated rings. The Morgan fingerprint density at radius 2 is 1.43 bits per heavy atom. The zero-order valence-corrected chi connectivity index (χ0v) is 7.72. The normalized spacial score (nSPS) is 9.71. The molecule has 0 unspecified atom stereocenters. The molecule has 0 amide bonds. The number of benzene rings is 2. The van der Waals surface area contributed by atoms with Gasteiger partial charge >= 0.3 is 0 Å². The van der Waals surface area contributed by atoms with E-state index in [2.05, 4.69) is 5.32 Å². The summed E-state index contributed by atoms with van der Waals surface area (Å²) in [6.07, 6.45) is 0. The second-order valence-electron chi connectivity index (χ2n) is 3.01. The number of hydrogen-bond acceptors (Lipinski definition) is 1. The predicted molar refractivity (Wildman–Crippen MR) is 58.8 cm³/mol. The van der Waals surface area contributed by atoms with E-state index in [9.17, 15) is 0 Å². The van der Waals surface area contributed by atoms with Crippen molar-refractivity contribution in [3.05, 3.63) is 54.6 Å². The molecular formula is C12H11N2. The van der Waals surface area contributed by atoms with Gasteiger partial charge in [0.2, 0.25) is 0 Å². The molecule has 0 spiro atoms. The highest BCUT2D eigenvalue weighted by Gasteiger charge is 1.98. The number of nitrogens with zero attached hydrogens (tertiary/aromatic N) is 1. The van der Waals surface area contributed by atoms with Gasteiger partial charge in [-0.3, -0.25) is 0 Å². The molecule has 2 aromatic rings. The maximum Gasteiger partial charge on any atom is 0.0866 e. The SMILES string of the molecule is Nc1ccccc1[N]c1ccccc1. The molecule has 2 heteroatoms. The first-order valence-electron chi connectivity index (χ1n) is 4.47. The average Bonchev–Trinajstić information content (AvgIpc) is 2.23. The van der Waals surface area contributed by atoms with Gasteiger partial charge in [0.05, 0.1) is 17.1 Å². The highest BCUT2D eigenvalue weighted by atomic mass is 14.9. The van der Waals surface area contributed by atoms with Crippen LogP contribution < -0.4 is 11.1 Å². The summed E-state index contributed by atoms with van der Waals surface area (Å²) in [7, 11) is 0. The van der Waals surface area contributed by atoms with Crippen LogP contribution in [0.15, 0.2) is 54.6 Å². The van der Waals surface area contributed by atoms with Crippen LogP contribution in [-0.2, 0) is 0 Å². The van der Waals surface area contributed by atoms with E-state index in [4.69, 9.17) is 5.73 Å². The van der Waals surface area contributed by atoms with Crippen molar-refractivity contribution >= 4 is 17.1 Å². The van der Waals surface area contributed by atoms with Crippen LogP contribution in [0.4, 0.5) is 17.1 Å². The number of para-hydroxylation sites is 3. The summed E-state index contributed by atoms with van der Waals surface area (Å²) in [4.78, 5) is 0. The Hall–Kier alpha value is -1.96. The molecule has 2 aromatic carbocycles. The molecule has 0 heterocycles. The van der Waals surface area contributed by atoms with Crippen LogP contribution in [0, 0.1) is 0 Å². The van der Waals surface area contributed by atoms with Gasteiger partial charge in [-0.05, 0) is 24.3 Å². The zero-order chi connectivity index (χ0) is 9.80. The number of anilines is 1. The Balaban J connectivity index is 2.24. The van der Waals surface area contributed by atoms with Crippen molar-refractivity contribution < 1.29 is 0 Å². The fraction of sp³-hybridized carbons (Fsp3) is 0. The van der Waals surface area contributed by atoms with Crippen LogP contribution in [0.1, 0.15) is 0 Å². The van der Waals surface area contributed by atoms with Gasteiger partial charge in [-0.2, -0.15) is 0 Å². The van der Waals surface area contributed by atoms with Gasteiger partial charge in [0, 0.05) is 0 Å². The molecule has 0 aliphatic rings. The number of nitrogens with two attached hydrogens (primary N) is 1. The largest absolute Gasteiger partial charge is 0.397 e. The van der Waals surface area contributed by atoms with Crippen molar-refractivity contribution in [1.29, 1.82) is 0 Å². The fourth-order valence-corrected chi connectivity index (χ4v) is 1.23. The summed E-state index contributed by atoms with van der Waals surface area (Å²) in [5.41, 5.74) is 8.22. The van der Waals surface area contributed by atoms with E-state index in [1.54, 1.807) is 0 Å². The van der Waals surface area contributed by atoms with Gasteiger partial charge < -0.3 is 5.73 Å². The third-order valence-corrected chi connectivity index (χ3v) is 1.94. The summed E-state index contributed by atoms with van der Waals surface area (Å²) in [5.74, 6) is 0. The maximum atomic E-state index is 5.77. The summed E-state index contributed by atoms with van der Waals surface area (Å²) in [6.45, 7) is 0. The highest BCUT2D eigenvalue weighted by molar-refractivity contribution is 5.64. The number of nitrogen functional groups attached to an aromatic ring is 1. The van der Waals surface area contributed by atoms with Crippen molar-refractivity contribution in [2.24, 2.45) is 0 Å². The molecule has 14 heavy (non-hydrogen) atoms. The summed E-state index contributed by atoms with van der Waals surface area (Å²) >= 11 is 0. The highest BCUT2D eigenvalue weighted by Crippen LogP contribution is 2.22. The average molecular weight is 183 g/mol. The number of hydrogen-bond donors (Lipinski definition) is 1. The Morgan fingerprint density at radius 1 is 0.786 bits per heavy atom. The summed E-state index contributed by atoms with van der Waals surface area (Å²) < 4.78 is 0. The fourth-order valence-electron chi connectivity index (χ4n) is 1.23. The monoisotopic (exact) mass is 183 g/mol. The lowest BCUT2D eigenvalue weighted by atomic mass is 10.2. The van der Waals surface area contributed by atoms with Crippen LogP contribution in [0.25, 0.3) is 0 Å². The quantitative estimate of drug-likeness (QED) is 0.714. The van der Waals surface area contributed by atoms with E-state index in [1.807, 2.05) is 54.6 Å². The van der Waals surface area contributed by atoms with E-state index < -0.39 is 0 Å². The van der Waals surface area contributed by atoms with Crippen LogP contribution in [-0.4, -0.2) is 0 Å². The summed E-state index contributed by atoms with van der Waals surface area (Å²) in [5, 5.41) is 4.42. The Labute approximate surface area is 83.4 Å². The molecule has 0 saturated heterocycles. The Kier molecular flexibility index (Phi) is 2.36. The molecule has 0 saturated carbocycles. The predicted octanol–water partition coefficient (Wildman–Crippen LogP) is 2.84. The first kappa shape index (κ1) is 8.63. The maximum absolute atomic E-state index is 5.77. The second-order valence-corrected chi connectivity index (χ2v) is 3.01. The van der Waals surface area contributed by atoms with Crippen LogP contribution in [0.3, 0.4) is 0 Å². The molecular weight excluding hydrogens is 172 g/mol. The topological polar surface area (TPSA) is 40.1 Å². The molecule has 0 aromatic heterocycles. The zero-order valence-electron chi connectivity index (χ0n) is 7.72. The molecule has 2 N–H and O–H groups in total. The molecule has 69 valence electrons. The van der Waals surface area contributed by atoms with E-state index >= 15 is 0 Å². The Bertz CT molecular complexity index is 410. The first-order valence-corrected chi connectivity index (χ1v) is 4.47. The van der Waals surface area contributed by atoms with Crippen molar-refractivity contribution in [1.82, 2.24) is 5.32 Å². The van der Waals surface area contributed by atoms with Crippen molar-refractivity contribution in [2.75, 3.05) is 5.73 Å². The van der Waals surface area contributed by atoms with E-state index in [0.717, 1.165) is 11.4 Å². The minimum atomic E-state index is 0.705. The number of rotatable bonds is 2. The van der Waals surface area contributed by atoms with Crippen molar-refractivity contribution in [2.45, 2.75) is 0 Å². The van der Waals surface area contributed by atoms with Crippen LogP contribution >= 0.6 is 0 Å². The second kappa shape index (κ2) is 3.83. The standard InChI is InChI=1S/C12H11N2/c13-11-8-4-5-9-12(11)14-10-6-2-1-3-7-10/h1-9H,13H2. The third-order valence-electron chi connectivity index (χ3n) is 1.94. The molecule has 0 atom stereocenters. The van der Waals surface area contributed by atoms with Crippen molar-refractivity contribution in [3.63, 3.8) is 0 Å². The van der Waals surface area contributed by atoms with Gasteiger partial charge in [-0.25, -0.2) is 5.32 Å². The third kappa shape index (κ3) is 1.85.